The van der Waals surface area contributed by atoms with Crippen LogP contribution in [0.5, 0.6) is 0 Å². The van der Waals surface area contributed by atoms with E-state index in [0.717, 1.165) is 31.5 Å². The van der Waals surface area contributed by atoms with Crippen molar-refractivity contribution in [3.05, 3.63) is 48.0 Å². The molecule has 2 aromatic rings. The minimum Gasteiger partial charge on any atom is -0.481 e. The van der Waals surface area contributed by atoms with Crippen LogP contribution in [-0.2, 0) is 9.59 Å². The Hall–Kier alpha value is -2.40. The van der Waals surface area contributed by atoms with Crippen LogP contribution in [0.4, 0.5) is 0 Å². The fourth-order valence-electron chi connectivity index (χ4n) is 4.05. The summed E-state index contributed by atoms with van der Waals surface area (Å²) in [6, 6.07) is 14.3. The monoisotopic (exact) mass is 368 g/mol. The van der Waals surface area contributed by atoms with E-state index in [1.54, 1.807) is 0 Å². The second-order valence-electron chi connectivity index (χ2n) is 7.53. The average molecular weight is 368 g/mol. The van der Waals surface area contributed by atoms with Gasteiger partial charge in [0.15, 0.2) is 0 Å². The number of piperidine rings is 1. The molecular formula is C22H28N2O3. The molecule has 2 aromatic carbocycles. The van der Waals surface area contributed by atoms with E-state index < -0.39 is 5.97 Å². The molecule has 0 bridgehead atoms. The van der Waals surface area contributed by atoms with Crippen molar-refractivity contribution in [3.8, 4) is 0 Å². The second-order valence-corrected chi connectivity index (χ2v) is 7.53. The van der Waals surface area contributed by atoms with Gasteiger partial charge in [-0.15, -0.1) is 0 Å². The summed E-state index contributed by atoms with van der Waals surface area (Å²) in [6.07, 6.45) is 2.98. The van der Waals surface area contributed by atoms with Gasteiger partial charge in [-0.2, -0.15) is 0 Å². The Morgan fingerprint density at radius 2 is 2.00 bits per heavy atom. The first kappa shape index (κ1) is 19.4. The van der Waals surface area contributed by atoms with E-state index in [4.69, 9.17) is 5.11 Å². The molecule has 144 valence electrons. The molecule has 1 heterocycles. The number of carboxylic acids is 1. The minimum atomic E-state index is -0.742. The van der Waals surface area contributed by atoms with Crippen LogP contribution in [0.15, 0.2) is 42.5 Å². The number of fused-ring (bicyclic) bond motifs is 1. The molecule has 27 heavy (non-hydrogen) atoms. The first-order valence-electron chi connectivity index (χ1n) is 9.74. The molecule has 2 unspecified atom stereocenters. The van der Waals surface area contributed by atoms with Crippen LogP contribution >= 0.6 is 0 Å². The molecule has 1 aliphatic heterocycles. The zero-order valence-electron chi connectivity index (χ0n) is 15.9. The summed E-state index contributed by atoms with van der Waals surface area (Å²) in [5.74, 6) is -0.346. The maximum atomic E-state index is 12.6. The molecule has 5 nitrogen and oxygen atoms in total. The largest absolute Gasteiger partial charge is 0.481 e. The summed E-state index contributed by atoms with van der Waals surface area (Å²) < 4.78 is 0. The van der Waals surface area contributed by atoms with Gasteiger partial charge >= 0.3 is 5.97 Å². The van der Waals surface area contributed by atoms with Crippen molar-refractivity contribution < 1.29 is 14.7 Å². The van der Waals surface area contributed by atoms with Crippen molar-refractivity contribution in [1.82, 2.24) is 10.2 Å². The van der Waals surface area contributed by atoms with Gasteiger partial charge in [0, 0.05) is 13.0 Å². The number of nitrogens with one attached hydrogen (secondary N) is 1. The topological polar surface area (TPSA) is 69.6 Å². The van der Waals surface area contributed by atoms with Gasteiger partial charge in [-0.05, 0) is 55.0 Å². The lowest BCUT2D eigenvalue weighted by atomic mass is 9.93. The maximum absolute atomic E-state index is 12.6. The molecule has 0 aromatic heterocycles. The fourth-order valence-corrected chi connectivity index (χ4v) is 4.05. The van der Waals surface area contributed by atoms with Crippen molar-refractivity contribution in [2.24, 2.45) is 5.92 Å². The van der Waals surface area contributed by atoms with Crippen LogP contribution in [0.2, 0.25) is 0 Å². The molecule has 2 N–H and O–H groups in total. The molecule has 0 aliphatic carbocycles. The van der Waals surface area contributed by atoms with Gasteiger partial charge in [0.05, 0.1) is 12.6 Å². The van der Waals surface area contributed by atoms with E-state index in [1.807, 2.05) is 25.1 Å². The quantitative estimate of drug-likeness (QED) is 0.783. The van der Waals surface area contributed by atoms with Gasteiger partial charge in [-0.25, -0.2) is 0 Å². The van der Waals surface area contributed by atoms with Gasteiger partial charge in [-0.3, -0.25) is 14.5 Å². The van der Waals surface area contributed by atoms with Crippen molar-refractivity contribution in [3.63, 3.8) is 0 Å². The zero-order valence-corrected chi connectivity index (χ0v) is 15.9. The van der Waals surface area contributed by atoms with Crippen LogP contribution in [0.1, 0.15) is 44.2 Å². The molecule has 2 atom stereocenters. The number of rotatable bonds is 7. The predicted molar refractivity (Wildman–Crippen MR) is 107 cm³/mol. The molecule has 1 saturated heterocycles. The molecule has 3 rings (SSSR count). The third kappa shape index (κ3) is 5.30. The molecule has 0 saturated carbocycles. The lowest BCUT2D eigenvalue weighted by Gasteiger charge is -2.32. The van der Waals surface area contributed by atoms with Gasteiger partial charge in [-0.1, -0.05) is 42.5 Å². The normalized spacial score (nSPS) is 18.9. The maximum Gasteiger partial charge on any atom is 0.303 e. The lowest BCUT2D eigenvalue weighted by molar-refractivity contribution is -0.137. The summed E-state index contributed by atoms with van der Waals surface area (Å²) in [7, 11) is 0. The standard InChI is InChI=1S/C22H28N2O3/c1-16(19-10-4-8-18-7-2-3-9-20(18)19)23-21(25)15-24-13-5-6-17(14-24)11-12-22(26)27/h2-4,7-10,16-17H,5-6,11-15H2,1H3,(H,23,25)(H,26,27). The van der Waals surface area contributed by atoms with Gasteiger partial charge in [0.25, 0.3) is 0 Å². The van der Waals surface area contributed by atoms with Crippen molar-refractivity contribution in [2.75, 3.05) is 19.6 Å². The number of nitrogens with zero attached hydrogens (tertiary/aromatic N) is 1. The third-order valence-corrected chi connectivity index (χ3v) is 5.40. The highest BCUT2D eigenvalue weighted by molar-refractivity contribution is 5.87. The average Bonchev–Trinajstić information content (AvgIpc) is 2.66. The molecule has 0 radical (unpaired) electrons. The second kappa shape index (κ2) is 9.00. The summed E-state index contributed by atoms with van der Waals surface area (Å²) in [5, 5.41) is 14.3. The molecule has 0 spiro atoms. The van der Waals surface area contributed by atoms with E-state index in [-0.39, 0.29) is 18.4 Å². The van der Waals surface area contributed by atoms with Crippen LogP contribution in [-0.4, -0.2) is 41.5 Å². The number of benzene rings is 2. The molecule has 1 amide bonds. The van der Waals surface area contributed by atoms with Crippen LogP contribution in [0.3, 0.4) is 0 Å². The number of hydrogen-bond donors (Lipinski definition) is 2. The highest BCUT2D eigenvalue weighted by Crippen LogP contribution is 2.24. The first-order chi connectivity index (χ1) is 13.0. The third-order valence-electron chi connectivity index (χ3n) is 5.40. The number of amides is 1. The SMILES string of the molecule is CC(NC(=O)CN1CCCC(CCC(=O)O)C1)c1cccc2ccccc12. The molecule has 1 fully saturated rings. The summed E-state index contributed by atoms with van der Waals surface area (Å²) in [4.78, 5) is 25.5. The number of carbonyl (C=O) groups is 2. The number of carbonyl (C=O) groups excluding carboxylic acids is 1. The lowest BCUT2D eigenvalue weighted by Crippen LogP contribution is -2.43. The summed E-state index contributed by atoms with van der Waals surface area (Å²) in [6.45, 7) is 4.10. The smallest absolute Gasteiger partial charge is 0.303 e. The van der Waals surface area contributed by atoms with E-state index >= 15 is 0 Å². The van der Waals surface area contributed by atoms with Crippen molar-refractivity contribution in [2.45, 2.75) is 38.6 Å². The van der Waals surface area contributed by atoms with E-state index in [0.29, 0.717) is 18.9 Å². The Kier molecular flexibility index (Phi) is 6.45. The Balaban J connectivity index is 1.56. The predicted octanol–water partition coefficient (Wildman–Crippen LogP) is 3.59. The minimum absolute atomic E-state index is 0.0225. The highest BCUT2D eigenvalue weighted by atomic mass is 16.4. The van der Waals surface area contributed by atoms with Gasteiger partial charge < -0.3 is 10.4 Å². The number of carboxylic acid groups (broad SMARTS) is 1. The first-order valence-corrected chi connectivity index (χ1v) is 9.74. The van der Waals surface area contributed by atoms with Gasteiger partial charge in [0.1, 0.15) is 0 Å². The molecular weight excluding hydrogens is 340 g/mol. The molecule has 5 heteroatoms. The number of likely N-dealkylation sites (tertiary alicyclic amines) is 1. The van der Waals surface area contributed by atoms with E-state index in [1.165, 1.54) is 10.8 Å². The summed E-state index contributed by atoms with van der Waals surface area (Å²) >= 11 is 0. The van der Waals surface area contributed by atoms with E-state index in [9.17, 15) is 9.59 Å². The van der Waals surface area contributed by atoms with Crippen LogP contribution in [0.25, 0.3) is 10.8 Å². The van der Waals surface area contributed by atoms with Gasteiger partial charge in [0.2, 0.25) is 5.91 Å². The Labute approximate surface area is 160 Å². The zero-order chi connectivity index (χ0) is 19.2. The Morgan fingerprint density at radius 1 is 1.22 bits per heavy atom. The number of hydrogen-bond acceptors (Lipinski definition) is 3. The van der Waals surface area contributed by atoms with E-state index in [2.05, 4.69) is 34.5 Å². The fraction of sp³-hybridized carbons (Fsp3) is 0.455. The van der Waals surface area contributed by atoms with Crippen molar-refractivity contribution >= 4 is 22.6 Å². The number of aliphatic carboxylic acids is 1. The Bertz CT molecular complexity index is 800. The summed E-state index contributed by atoms with van der Waals surface area (Å²) in [5.41, 5.74) is 1.12. The van der Waals surface area contributed by atoms with Crippen molar-refractivity contribution in [1.29, 1.82) is 0 Å². The Morgan fingerprint density at radius 3 is 2.81 bits per heavy atom. The molecule has 1 aliphatic rings. The highest BCUT2D eigenvalue weighted by Gasteiger charge is 2.23. The van der Waals surface area contributed by atoms with Crippen LogP contribution < -0.4 is 5.32 Å². The van der Waals surface area contributed by atoms with Crippen LogP contribution in [0, 0.1) is 5.92 Å².